The SMILES string of the molecule is Cc1cc(F)c(N)cc1S(=O)(=O)NC(C)C1CCCO1. The maximum absolute atomic E-state index is 13.3. The lowest BCUT2D eigenvalue weighted by Crippen LogP contribution is -2.41. The van der Waals surface area contributed by atoms with Gasteiger partial charge in [-0.15, -0.1) is 0 Å². The van der Waals surface area contributed by atoms with Gasteiger partial charge in [0.05, 0.1) is 16.7 Å². The van der Waals surface area contributed by atoms with Gasteiger partial charge in [-0.1, -0.05) is 0 Å². The van der Waals surface area contributed by atoms with Crippen LogP contribution < -0.4 is 10.5 Å². The topological polar surface area (TPSA) is 81.4 Å². The summed E-state index contributed by atoms with van der Waals surface area (Å²) in [5, 5.41) is 0. The van der Waals surface area contributed by atoms with Crippen molar-refractivity contribution < 1.29 is 17.5 Å². The van der Waals surface area contributed by atoms with Crippen molar-refractivity contribution >= 4 is 15.7 Å². The molecule has 1 aromatic carbocycles. The molecule has 112 valence electrons. The van der Waals surface area contributed by atoms with Crippen molar-refractivity contribution in [3.8, 4) is 0 Å². The molecule has 0 radical (unpaired) electrons. The molecule has 1 saturated heterocycles. The summed E-state index contributed by atoms with van der Waals surface area (Å²) in [4.78, 5) is 0.00115. The second-order valence-electron chi connectivity index (χ2n) is 5.10. The minimum Gasteiger partial charge on any atom is -0.396 e. The van der Waals surface area contributed by atoms with E-state index in [4.69, 9.17) is 10.5 Å². The first-order valence-corrected chi connectivity index (χ1v) is 7.99. The summed E-state index contributed by atoms with van der Waals surface area (Å²) in [6.07, 6.45) is 1.64. The van der Waals surface area contributed by atoms with E-state index in [2.05, 4.69) is 4.72 Å². The highest BCUT2D eigenvalue weighted by Gasteiger charge is 2.28. The fourth-order valence-corrected chi connectivity index (χ4v) is 3.87. The molecule has 0 saturated carbocycles. The van der Waals surface area contributed by atoms with Crippen molar-refractivity contribution in [2.75, 3.05) is 12.3 Å². The summed E-state index contributed by atoms with van der Waals surface area (Å²) >= 11 is 0. The van der Waals surface area contributed by atoms with Gasteiger partial charge in [-0.3, -0.25) is 0 Å². The third kappa shape index (κ3) is 3.11. The number of sulfonamides is 1. The molecule has 2 atom stereocenters. The summed E-state index contributed by atoms with van der Waals surface area (Å²) in [5.74, 6) is -0.617. The maximum Gasteiger partial charge on any atom is 0.241 e. The van der Waals surface area contributed by atoms with E-state index in [0.717, 1.165) is 25.0 Å². The molecule has 0 aliphatic carbocycles. The van der Waals surface area contributed by atoms with Gasteiger partial charge in [0.15, 0.2) is 0 Å². The Bertz CT molecular complexity index is 598. The van der Waals surface area contributed by atoms with Crippen molar-refractivity contribution in [3.05, 3.63) is 23.5 Å². The molecule has 3 N–H and O–H groups in total. The molecule has 2 rings (SSSR count). The number of ether oxygens (including phenoxy) is 1. The minimum atomic E-state index is -3.74. The zero-order valence-electron chi connectivity index (χ0n) is 11.5. The van der Waals surface area contributed by atoms with Crippen molar-refractivity contribution in [1.29, 1.82) is 0 Å². The number of nitrogens with one attached hydrogen (secondary N) is 1. The number of anilines is 1. The molecular weight excluding hydrogens is 283 g/mol. The summed E-state index contributed by atoms with van der Waals surface area (Å²) in [6, 6.07) is 1.93. The molecule has 5 nitrogen and oxygen atoms in total. The smallest absolute Gasteiger partial charge is 0.241 e. The second kappa shape index (κ2) is 5.67. The molecule has 20 heavy (non-hydrogen) atoms. The minimum absolute atomic E-state index is 0.00115. The molecule has 1 aromatic rings. The van der Waals surface area contributed by atoms with Gasteiger partial charge in [-0.2, -0.15) is 0 Å². The van der Waals surface area contributed by atoms with E-state index in [0.29, 0.717) is 12.2 Å². The number of hydrogen-bond donors (Lipinski definition) is 2. The monoisotopic (exact) mass is 302 g/mol. The van der Waals surface area contributed by atoms with E-state index in [1.54, 1.807) is 6.92 Å². The number of hydrogen-bond acceptors (Lipinski definition) is 4. The second-order valence-corrected chi connectivity index (χ2v) is 6.78. The van der Waals surface area contributed by atoms with Gasteiger partial charge in [0, 0.05) is 12.6 Å². The Kier molecular flexibility index (Phi) is 4.31. The van der Waals surface area contributed by atoms with Crippen LogP contribution in [0.25, 0.3) is 0 Å². The quantitative estimate of drug-likeness (QED) is 0.827. The van der Waals surface area contributed by atoms with E-state index in [9.17, 15) is 12.8 Å². The molecule has 0 amide bonds. The van der Waals surface area contributed by atoms with Crippen molar-refractivity contribution in [3.63, 3.8) is 0 Å². The molecule has 0 aromatic heterocycles. The average molecular weight is 302 g/mol. The lowest BCUT2D eigenvalue weighted by molar-refractivity contribution is 0.0902. The Labute approximate surface area is 118 Å². The van der Waals surface area contributed by atoms with E-state index in [1.165, 1.54) is 6.92 Å². The Morgan fingerprint density at radius 2 is 2.20 bits per heavy atom. The first kappa shape index (κ1) is 15.2. The van der Waals surface area contributed by atoms with Crippen LogP contribution >= 0.6 is 0 Å². The fourth-order valence-electron chi connectivity index (χ4n) is 2.34. The van der Waals surface area contributed by atoms with Crippen molar-refractivity contribution in [2.45, 2.75) is 43.7 Å². The zero-order chi connectivity index (χ0) is 14.9. The van der Waals surface area contributed by atoms with E-state index in [-0.39, 0.29) is 22.7 Å². The first-order valence-electron chi connectivity index (χ1n) is 6.51. The molecule has 2 unspecified atom stereocenters. The van der Waals surface area contributed by atoms with Gasteiger partial charge >= 0.3 is 0 Å². The highest BCUT2D eigenvalue weighted by Crippen LogP contribution is 2.23. The third-order valence-electron chi connectivity index (χ3n) is 3.45. The highest BCUT2D eigenvalue weighted by molar-refractivity contribution is 7.89. The molecule has 1 heterocycles. The summed E-state index contributed by atoms with van der Waals surface area (Å²) < 4.78 is 46.0. The molecule has 7 heteroatoms. The molecular formula is C13H19FN2O3S. The van der Waals surface area contributed by atoms with E-state index in [1.807, 2.05) is 0 Å². The lowest BCUT2D eigenvalue weighted by Gasteiger charge is -2.20. The van der Waals surface area contributed by atoms with E-state index >= 15 is 0 Å². The first-order chi connectivity index (χ1) is 9.31. The number of nitrogens with two attached hydrogens (primary N) is 1. The van der Waals surface area contributed by atoms with Crippen LogP contribution in [-0.2, 0) is 14.8 Å². The van der Waals surface area contributed by atoms with Gasteiger partial charge in [0.25, 0.3) is 0 Å². The van der Waals surface area contributed by atoms with Gasteiger partial charge in [-0.25, -0.2) is 17.5 Å². The molecule has 0 bridgehead atoms. The number of nitrogen functional groups attached to an aromatic ring is 1. The average Bonchev–Trinajstić information content (AvgIpc) is 2.86. The molecule has 1 aliphatic heterocycles. The van der Waals surface area contributed by atoms with Crippen molar-refractivity contribution in [2.24, 2.45) is 0 Å². The van der Waals surface area contributed by atoms with Crippen LogP contribution in [0, 0.1) is 12.7 Å². The molecule has 1 fully saturated rings. The zero-order valence-corrected chi connectivity index (χ0v) is 12.3. The van der Waals surface area contributed by atoms with Gasteiger partial charge in [0.2, 0.25) is 10.0 Å². The lowest BCUT2D eigenvalue weighted by atomic mass is 10.1. The predicted octanol–water partition coefficient (Wildman–Crippen LogP) is 1.56. The number of rotatable bonds is 4. The van der Waals surface area contributed by atoms with Crippen LogP contribution in [0.15, 0.2) is 17.0 Å². The Morgan fingerprint density at radius 3 is 2.80 bits per heavy atom. The van der Waals surface area contributed by atoms with Crippen LogP contribution in [-0.4, -0.2) is 27.2 Å². The van der Waals surface area contributed by atoms with Crippen LogP contribution in [0.5, 0.6) is 0 Å². The third-order valence-corrected chi connectivity index (χ3v) is 5.15. The van der Waals surface area contributed by atoms with Crippen LogP contribution in [0.4, 0.5) is 10.1 Å². The Hall–Kier alpha value is -1.18. The highest BCUT2D eigenvalue weighted by atomic mass is 32.2. The number of aryl methyl sites for hydroxylation is 1. The summed E-state index contributed by atoms with van der Waals surface area (Å²) in [5.41, 5.74) is 5.59. The van der Waals surface area contributed by atoms with Crippen LogP contribution in [0.1, 0.15) is 25.3 Å². The fraction of sp³-hybridized carbons (Fsp3) is 0.538. The predicted molar refractivity (Wildman–Crippen MR) is 74.3 cm³/mol. The standard InChI is InChI=1S/C13H19FN2O3S/c1-8-6-10(14)11(15)7-13(8)20(17,18)16-9(2)12-4-3-5-19-12/h6-7,9,12,16H,3-5,15H2,1-2H3. The van der Waals surface area contributed by atoms with E-state index < -0.39 is 15.8 Å². The van der Waals surface area contributed by atoms with Crippen LogP contribution in [0.2, 0.25) is 0 Å². The van der Waals surface area contributed by atoms with Gasteiger partial charge < -0.3 is 10.5 Å². The van der Waals surface area contributed by atoms with Gasteiger partial charge in [0.1, 0.15) is 5.82 Å². The van der Waals surface area contributed by atoms with Crippen molar-refractivity contribution in [1.82, 2.24) is 4.72 Å². The summed E-state index contributed by atoms with van der Waals surface area (Å²) in [6.45, 7) is 3.95. The van der Waals surface area contributed by atoms with Gasteiger partial charge in [-0.05, 0) is 44.4 Å². The largest absolute Gasteiger partial charge is 0.396 e. The Morgan fingerprint density at radius 1 is 1.50 bits per heavy atom. The number of halogens is 1. The maximum atomic E-state index is 13.3. The Balaban J connectivity index is 2.24. The van der Waals surface area contributed by atoms with Crippen LogP contribution in [0.3, 0.4) is 0 Å². The summed E-state index contributed by atoms with van der Waals surface area (Å²) in [7, 11) is -3.74. The normalized spacial score (nSPS) is 21.1. The molecule has 0 spiro atoms. The molecule has 1 aliphatic rings. The number of benzene rings is 1.